The number of carbonyl (C=O) groups is 1. The van der Waals surface area contributed by atoms with Crippen molar-refractivity contribution in [2.75, 3.05) is 0 Å². The van der Waals surface area contributed by atoms with E-state index in [0.717, 1.165) is 12.8 Å². The van der Waals surface area contributed by atoms with Crippen molar-refractivity contribution < 1.29 is 13.6 Å². The van der Waals surface area contributed by atoms with Crippen LogP contribution in [0.1, 0.15) is 29.9 Å². The molecule has 2 aliphatic rings. The van der Waals surface area contributed by atoms with Crippen LogP contribution >= 0.6 is 0 Å². The van der Waals surface area contributed by atoms with Crippen LogP contribution < -0.4 is 10.6 Å². The zero-order valence-electron chi connectivity index (χ0n) is 11.8. The largest absolute Gasteiger partial charge is 0.431 e. The molecule has 6 nitrogen and oxygen atoms in total. The lowest BCUT2D eigenvalue weighted by Crippen LogP contribution is -2.43. The van der Waals surface area contributed by atoms with E-state index < -0.39 is 5.82 Å². The summed E-state index contributed by atoms with van der Waals surface area (Å²) in [4.78, 5) is 20.2. The first-order valence-corrected chi connectivity index (χ1v) is 7.34. The molecule has 0 aromatic carbocycles. The monoisotopic (exact) mass is 302 g/mol. The Balaban J connectivity index is 1.48. The molecule has 4 heterocycles. The van der Waals surface area contributed by atoms with Gasteiger partial charge in [0.25, 0.3) is 5.89 Å². The second kappa shape index (κ2) is 5.17. The number of hydrogen-bond donors (Lipinski definition) is 2. The van der Waals surface area contributed by atoms with E-state index in [2.05, 4.69) is 20.6 Å². The predicted octanol–water partition coefficient (Wildman–Crippen LogP) is 1.50. The summed E-state index contributed by atoms with van der Waals surface area (Å²) >= 11 is 0. The van der Waals surface area contributed by atoms with Crippen LogP contribution in [0.15, 0.2) is 28.9 Å². The van der Waals surface area contributed by atoms with Crippen LogP contribution in [0.3, 0.4) is 0 Å². The van der Waals surface area contributed by atoms with Gasteiger partial charge >= 0.3 is 5.91 Å². The summed E-state index contributed by atoms with van der Waals surface area (Å²) in [6, 6.07) is 3.45. The molecule has 2 aliphatic heterocycles. The average Bonchev–Trinajstić information content (AvgIpc) is 3.23. The predicted molar refractivity (Wildman–Crippen MR) is 75.5 cm³/mol. The summed E-state index contributed by atoms with van der Waals surface area (Å²) in [6.45, 7) is 0. The minimum absolute atomic E-state index is 0.0242. The summed E-state index contributed by atoms with van der Waals surface area (Å²) in [5.41, 5.74) is 0.313. The van der Waals surface area contributed by atoms with Gasteiger partial charge in [-0.15, -0.1) is 0 Å². The van der Waals surface area contributed by atoms with Crippen LogP contribution in [0.5, 0.6) is 0 Å². The van der Waals surface area contributed by atoms with Crippen LogP contribution in [-0.4, -0.2) is 34.0 Å². The third-order valence-corrected chi connectivity index (χ3v) is 4.29. The van der Waals surface area contributed by atoms with Gasteiger partial charge in [-0.05, 0) is 25.3 Å². The van der Waals surface area contributed by atoms with Gasteiger partial charge in [-0.1, -0.05) is 0 Å². The zero-order chi connectivity index (χ0) is 15.1. The van der Waals surface area contributed by atoms with E-state index in [1.54, 1.807) is 0 Å². The number of fused-ring (bicyclic) bond motifs is 2. The first-order valence-electron chi connectivity index (χ1n) is 7.34. The van der Waals surface area contributed by atoms with Gasteiger partial charge in [-0.3, -0.25) is 9.78 Å². The lowest BCUT2D eigenvalue weighted by atomic mass is 9.95. The van der Waals surface area contributed by atoms with E-state index in [1.165, 1.54) is 30.9 Å². The Morgan fingerprint density at radius 3 is 3.05 bits per heavy atom. The van der Waals surface area contributed by atoms with Crippen LogP contribution in [0.4, 0.5) is 4.39 Å². The van der Waals surface area contributed by atoms with Crippen LogP contribution in [0.25, 0.3) is 11.5 Å². The maximum atomic E-state index is 13.2. The fourth-order valence-corrected chi connectivity index (χ4v) is 3.25. The van der Waals surface area contributed by atoms with Crippen molar-refractivity contribution in [3.63, 3.8) is 0 Å². The zero-order valence-corrected chi connectivity index (χ0v) is 11.8. The van der Waals surface area contributed by atoms with Crippen LogP contribution in [0.2, 0.25) is 0 Å². The first-order chi connectivity index (χ1) is 10.7. The Morgan fingerprint density at radius 1 is 1.41 bits per heavy atom. The molecule has 0 unspecified atom stereocenters. The highest BCUT2D eigenvalue weighted by Gasteiger charge is 2.40. The molecule has 22 heavy (non-hydrogen) atoms. The average molecular weight is 302 g/mol. The number of amides is 1. The number of oxazole rings is 1. The summed E-state index contributed by atoms with van der Waals surface area (Å²) in [5, 5.41) is 6.41. The lowest BCUT2D eigenvalue weighted by Gasteiger charge is -2.20. The molecular formula is C15H15FN4O2. The molecule has 2 saturated heterocycles. The number of nitrogens with zero attached hydrogens (tertiary/aromatic N) is 2. The number of halogens is 1. The van der Waals surface area contributed by atoms with Gasteiger partial charge in [0.2, 0.25) is 0 Å². The van der Waals surface area contributed by atoms with Gasteiger partial charge in [-0.25, -0.2) is 9.37 Å². The lowest BCUT2D eigenvalue weighted by molar-refractivity contribution is 0.0896. The molecule has 2 fully saturated rings. The van der Waals surface area contributed by atoms with E-state index in [1.807, 2.05) is 0 Å². The fourth-order valence-electron chi connectivity index (χ4n) is 3.25. The van der Waals surface area contributed by atoms with Crippen molar-refractivity contribution in [2.24, 2.45) is 0 Å². The quantitative estimate of drug-likeness (QED) is 0.898. The molecule has 0 aliphatic carbocycles. The Hall–Kier alpha value is -2.28. The highest BCUT2D eigenvalue weighted by Crippen LogP contribution is 2.28. The van der Waals surface area contributed by atoms with Gasteiger partial charge in [0.1, 0.15) is 11.5 Å². The molecule has 0 saturated carbocycles. The molecule has 7 heteroatoms. The summed E-state index contributed by atoms with van der Waals surface area (Å²) < 4.78 is 18.6. The fraction of sp³-hybridized carbons (Fsp3) is 0.400. The minimum atomic E-state index is -0.416. The highest BCUT2D eigenvalue weighted by molar-refractivity contribution is 5.90. The van der Waals surface area contributed by atoms with Gasteiger partial charge in [0.05, 0.1) is 6.20 Å². The Morgan fingerprint density at radius 2 is 2.32 bits per heavy atom. The molecule has 114 valence electrons. The van der Waals surface area contributed by atoms with Crippen molar-refractivity contribution >= 4 is 5.91 Å². The van der Waals surface area contributed by atoms with E-state index in [4.69, 9.17) is 4.42 Å². The number of pyridine rings is 1. The molecule has 0 radical (unpaired) electrons. The Labute approximate surface area is 126 Å². The van der Waals surface area contributed by atoms with E-state index >= 15 is 0 Å². The number of hydrogen-bond acceptors (Lipinski definition) is 5. The number of rotatable bonds is 3. The topological polar surface area (TPSA) is 80.0 Å². The van der Waals surface area contributed by atoms with Crippen molar-refractivity contribution in [2.45, 2.75) is 37.4 Å². The van der Waals surface area contributed by atoms with Gasteiger partial charge in [-0.2, -0.15) is 0 Å². The number of carbonyl (C=O) groups excluding carboxylic acids is 1. The van der Waals surface area contributed by atoms with E-state index in [-0.39, 0.29) is 23.6 Å². The summed E-state index contributed by atoms with van der Waals surface area (Å²) in [7, 11) is 0. The molecule has 2 bridgehead atoms. The second-order valence-corrected chi connectivity index (χ2v) is 5.75. The van der Waals surface area contributed by atoms with Crippen molar-refractivity contribution in [3.8, 4) is 11.5 Å². The van der Waals surface area contributed by atoms with Crippen LogP contribution in [0, 0.1) is 5.82 Å². The van der Waals surface area contributed by atoms with Crippen molar-refractivity contribution in [3.05, 3.63) is 36.2 Å². The van der Waals surface area contributed by atoms with E-state index in [0.29, 0.717) is 17.8 Å². The second-order valence-electron chi connectivity index (χ2n) is 5.75. The first kappa shape index (κ1) is 13.4. The standard InChI is InChI=1S/C15H15FN4O2/c16-8-3-4-17-12(5-8)13-7-18-15(22-13)14(21)20-11-6-9-1-2-10(11)19-9/h3-5,7,9-11,19H,1-2,6H2,(H,20,21)/t9-,10+,11-/m1/s1. The normalized spacial score (nSPS) is 26.3. The van der Waals surface area contributed by atoms with Crippen molar-refractivity contribution in [1.82, 2.24) is 20.6 Å². The third kappa shape index (κ3) is 2.37. The van der Waals surface area contributed by atoms with Crippen LogP contribution in [-0.2, 0) is 0 Å². The molecule has 1 amide bonds. The molecule has 2 aromatic rings. The molecule has 2 aromatic heterocycles. The summed E-state index contributed by atoms with van der Waals surface area (Å²) in [6.07, 6.45) is 5.92. The highest BCUT2D eigenvalue weighted by atomic mass is 19.1. The molecule has 3 atom stereocenters. The molecule has 2 N–H and O–H groups in total. The summed E-state index contributed by atoms with van der Waals surface area (Å²) in [5.74, 6) is -0.512. The SMILES string of the molecule is O=C(N[C@@H]1C[C@H]2CC[C@@H]1N2)c1ncc(-c2cc(F)ccn2)o1. The minimum Gasteiger partial charge on any atom is -0.431 e. The van der Waals surface area contributed by atoms with E-state index in [9.17, 15) is 9.18 Å². The molecule has 4 rings (SSSR count). The maximum absolute atomic E-state index is 13.2. The van der Waals surface area contributed by atoms with Crippen molar-refractivity contribution in [1.29, 1.82) is 0 Å². The molecule has 0 spiro atoms. The number of nitrogens with one attached hydrogen (secondary N) is 2. The number of aromatic nitrogens is 2. The Bertz CT molecular complexity index is 717. The van der Waals surface area contributed by atoms with Gasteiger partial charge in [0.15, 0.2) is 5.76 Å². The Kier molecular flexibility index (Phi) is 3.15. The molecular weight excluding hydrogens is 287 g/mol. The maximum Gasteiger partial charge on any atom is 0.307 e. The van der Waals surface area contributed by atoms with Gasteiger partial charge < -0.3 is 15.1 Å². The van der Waals surface area contributed by atoms with Gasteiger partial charge in [0, 0.05) is 30.4 Å². The smallest absolute Gasteiger partial charge is 0.307 e. The third-order valence-electron chi connectivity index (χ3n) is 4.29.